The quantitative estimate of drug-likeness (QED) is 0.522. The molecule has 3 N–H and O–H groups in total. The van der Waals surface area contributed by atoms with E-state index in [2.05, 4.69) is 32.4 Å². The summed E-state index contributed by atoms with van der Waals surface area (Å²) < 4.78 is 0. The van der Waals surface area contributed by atoms with Crippen LogP contribution in [0.1, 0.15) is 5.56 Å². The van der Waals surface area contributed by atoms with Gasteiger partial charge in [-0.25, -0.2) is 15.0 Å². The Balaban J connectivity index is 1.71. The van der Waals surface area contributed by atoms with E-state index < -0.39 is 0 Å². The van der Waals surface area contributed by atoms with Crippen LogP contribution in [0.5, 0.6) is 0 Å². The average molecular weight is 362 g/mol. The van der Waals surface area contributed by atoms with E-state index in [1.807, 2.05) is 42.5 Å². The molecule has 0 unspecified atom stereocenters. The first-order valence-electron chi connectivity index (χ1n) is 8.14. The molecule has 0 amide bonds. The number of nitrogens with one attached hydrogen (secondary N) is 1. The number of pyridine rings is 1. The van der Waals surface area contributed by atoms with Gasteiger partial charge < -0.3 is 11.1 Å². The summed E-state index contributed by atoms with van der Waals surface area (Å²) in [5.41, 5.74) is 10.3. The fourth-order valence-electron chi connectivity index (χ4n) is 2.78. The third-order valence-electron chi connectivity index (χ3n) is 4.14. The van der Waals surface area contributed by atoms with Crippen LogP contribution < -0.4 is 11.1 Å². The van der Waals surface area contributed by atoms with Gasteiger partial charge in [-0.05, 0) is 29.3 Å². The Hall–Kier alpha value is -3.18. The third kappa shape index (κ3) is 3.30. The van der Waals surface area contributed by atoms with Crippen molar-refractivity contribution in [1.82, 2.24) is 15.0 Å². The van der Waals surface area contributed by atoms with Crippen LogP contribution in [0.15, 0.2) is 67.1 Å². The van der Waals surface area contributed by atoms with E-state index >= 15 is 0 Å². The number of aromatic nitrogens is 3. The summed E-state index contributed by atoms with van der Waals surface area (Å²) in [4.78, 5) is 12.9. The van der Waals surface area contributed by atoms with Crippen LogP contribution in [0, 0.1) is 0 Å². The summed E-state index contributed by atoms with van der Waals surface area (Å²) in [6.45, 7) is 0.687. The van der Waals surface area contributed by atoms with Gasteiger partial charge in [0.25, 0.3) is 0 Å². The van der Waals surface area contributed by atoms with Crippen molar-refractivity contribution in [3.05, 3.63) is 77.8 Å². The van der Waals surface area contributed by atoms with Crippen molar-refractivity contribution in [3.63, 3.8) is 0 Å². The topological polar surface area (TPSA) is 76.7 Å². The van der Waals surface area contributed by atoms with Crippen LogP contribution in [0.4, 0.5) is 11.5 Å². The number of hydrogen-bond donors (Lipinski definition) is 2. The molecule has 5 nitrogen and oxygen atoms in total. The molecule has 0 saturated carbocycles. The number of anilines is 2. The molecule has 26 heavy (non-hydrogen) atoms. The standard InChI is InChI=1S/C20H16ClN5/c21-19-17(22)9-15(11-23-19)14-6-7-18-16(8-14)20(26-12-25-18)24-10-13-4-2-1-3-5-13/h1-9,11-12H,10,22H2,(H,24,25,26). The summed E-state index contributed by atoms with van der Waals surface area (Å²) in [6.07, 6.45) is 3.28. The molecule has 2 aromatic carbocycles. The maximum absolute atomic E-state index is 5.92. The van der Waals surface area contributed by atoms with Crippen molar-refractivity contribution >= 4 is 34.0 Å². The molecule has 0 spiro atoms. The molecule has 0 radical (unpaired) electrons. The van der Waals surface area contributed by atoms with Gasteiger partial charge in [0.1, 0.15) is 12.1 Å². The smallest absolute Gasteiger partial charge is 0.151 e. The SMILES string of the molecule is Nc1cc(-c2ccc3ncnc(NCc4ccccc4)c3c2)cnc1Cl. The van der Waals surface area contributed by atoms with Crippen LogP contribution in [0.3, 0.4) is 0 Å². The van der Waals surface area contributed by atoms with E-state index in [0.29, 0.717) is 17.4 Å². The number of rotatable bonds is 4. The zero-order valence-corrected chi connectivity index (χ0v) is 14.6. The first-order valence-corrected chi connectivity index (χ1v) is 8.52. The van der Waals surface area contributed by atoms with Crippen LogP contribution >= 0.6 is 11.6 Å². The fraction of sp³-hybridized carbons (Fsp3) is 0.0500. The van der Waals surface area contributed by atoms with Gasteiger partial charge in [0.15, 0.2) is 5.15 Å². The minimum atomic E-state index is 0.308. The van der Waals surface area contributed by atoms with Gasteiger partial charge in [-0.3, -0.25) is 0 Å². The number of fused-ring (bicyclic) bond motifs is 1. The summed E-state index contributed by atoms with van der Waals surface area (Å²) in [5, 5.41) is 4.64. The zero-order valence-electron chi connectivity index (χ0n) is 13.9. The predicted molar refractivity (Wildman–Crippen MR) is 106 cm³/mol. The highest BCUT2D eigenvalue weighted by atomic mass is 35.5. The molecule has 0 aliphatic heterocycles. The Morgan fingerprint density at radius 2 is 1.77 bits per heavy atom. The van der Waals surface area contributed by atoms with Gasteiger partial charge in [-0.15, -0.1) is 0 Å². The van der Waals surface area contributed by atoms with E-state index in [0.717, 1.165) is 27.8 Å². The van der Waals surface area contributed by atoms with Crippen LogP contribution in [-0.4, -0.2) is 15.0 Å². The van der Waals surface area contributed by atoms with Crippen molar-refractivity contribution in [3.8, 4) is 11.1 Å². The monoisotopic (exact) mass is 361 g/mol. The van der Waals surface area contributed by atoms with E-state index in [-0.39, 0.29) is 0 Å². The molecule has 0 fully saturated rings. The molecule has 0 saturated heterocycles. The predicted octanol–water partition coefficient (Wildman–Crippen LogP) is 4.54. The molecule has 4 aromatic rings. The second kappa shape index (κ2) is 6.98. The molecular formula is C20H16ClN5. The van der Waals surface area contributed by atoms with Crippen LogP contribution in [0.2, 0.25) is 5.15 Å². The summed E-state index contributed by atoms with van der Waals surface area (Å²) in [5.74, 6) is 0.788. The average Bonchev–Trinajstić information content (AvgIpc) is 2.69. The second-order valence-corrected chi connectivity index (χ2v) is 6.26. The Labute approximate surface area is 155 Å². The summed E-state index contributed by atoms with van der Waals surface area (Å²) in [6, 6.07) is 18.0. The van der Waals surface area contributed by atoms with E-state index in [9.17, 15) is 0 Å². The molecular weight excluding hydrogens is 346 g/mol. The van der Waals surface area contributed by atoms with Gasteiger partial charge in [-0.2, -0.15) is 0 Å². The summed E-state index contributed by atoms with van der Waals surface area (Å²) >= 11 is 5.92. The van der Waals surface area contributed by atoms with Crippen molar-refractivity contribution in [2.45, 2.75) is 6.54 Å². The first kappa shape index (κ1) is 16.3. The molecule has 2 heterocycles. The van der Waals surface area contributed by atoms with Crippen LogP contribution in [0.25, 0.3) is 22.0 Å². The Morgan fingerprint density at radius 1 is 0.923 bits per heavy atom. The number of nitrogens with two attached hydrogens (primary N) is 1. The lowest BCUT2D eigenvalue weighted by Crippen LogP contribution is -2.02. The van der Waals surface area contributed by atoms with E-state index in [4.69, 9.17) is 17.3 Å². The number of halogens is 1. The molecule has 0 atom stereocenters. The molecule has 4 rings (SSSR count). The molecule has 0 bridgehead atoms. The molecule has 6 heteroatoms. The maximum Gasteiger partial charge on any atom is 0.151 e. The van der Waals surface area contributed by atoms with Gasteiger partial charge in [0.05, 0.1) is 11.2 Å². The van der Waals surface area contributed by atoms with Gasteiger partial charge in [0.2, 0.25) is 0 Å². The number of nitrogen functional groups attached to an aromatic ring is 1. The van der Waals surface area contributed by atoms with Crippen molar-refractivity contribution in [2.24, 2.45) is 0 Å². The fourth-order valence-corrected chi connectivity index (χ4v) is 2.89. The Bertz CT molecular complexity index is 1070. The minimum Gasteiger partial charge on any atom is -0.396 e. The van der Waals surface area contributed by atoms with Gasteiger partial charge in [0, 0.05) is 23.7 Å². The molecule has 128 valence electrons. The second-order valence-electron chi connectivity index (χ2n) is 5.90. The normalized spacial score (nSPS) is 10.8. The lowest BCUT2D eigenvalue weighted by Gasteiger charge is -2.10. The lowest BCUT2D eigenvalue weighted by atomic mass is 10.0. The highest BCUT2D eigenvalue weighted by molar-refractivity contribution is 6.31. The van der Waals surface area contributed by atoms with Crippen molar-refractivity contribution in [2.75, 3.05) is 11.1 Å². The van der Waals surface area contributed by atoms with Crippen molar-refractivity contribution < 1.29 is 0 Å². The maximum atomic E-state index is 5.92. The number of benzene rings is 2. The van der Waals surface area contributed by atoms with Gasteiger partial charge in [-0.1, -0.05) is 48.0 Å². The lowest BCUT2D eigenvalue weighted by molar-refractivity contribution is 1.10. The third-order valence-corrected chi connectivity index (χ3v) is 4.45. The summed E-state index contributed by atoms with van der Waals surface area (Å²) in [7, 11) is 0. The zero-order chi connectivity index (χ0) is 17.9. The first-order chi connectivity index (χ1) is 12.7. The highest BCUT2D eigenvalue weighted by Gasteiger charge is 2.08. The highest BCUT2D eigenvalue weighted by Crippen LogP contribution is 2.29. The van der Waals surface area contributed by atoms with Crippen LogP contribution in [-0.2, 0) is 6.54 Å². The molecule has 0 aliphatic rings. The molecule has 2 aromatic heterocycles. The van der Waals surface area contributed by atoms with E-state index in [1.165, 1.54) is 5.56 Å². The van der Waals surface area contributed by atoms with Crippen molar-refractivity contribution in [1.29, 1.82) is 0 Å². The number of hydrogen-bond acceptors (Lipinski definition) is 5. The molecule has 0 aliphatic carbocycles. The van der Waals surface area contributed by atoms with E-state index in [1.54, 1.807) is 12.5 Å². The minimum absolute atomic E-state index is 0.308. The Kier molecular flexibility index (Phi) is 4.37. The largest absolute Gasteiger partial charge is 0.396 e. The van der Waals surface area contributed by atoms with Gasteiger partial charge >= 0.3 is 0 Å². The number of nitrogens with zero attached hydrogens (tertiary/aromatic N) is 3. The Morgan fingerprint density at radius 3 is 2.58 bits per heavy atom.